The zero-order valence-electron chi connectivity index (χ0n) is 17.0. The molecule has 28 heavy (non-hydrogen) atoms. The molecule has 2 N–H and O–H groups in total. The van der Waals surface area contributed by atoms with E-state index in [0.717, 1.165) is 26.0 Å². The number of carbonyl (C=O) groups excluding carboxylic acids is 1. The zero-order valence-corrected chi connectivity index (χ0v) is 19.3. The van der Waals surface area contributed by atoms with Crippen molar-refractivity contribution in [2.75, 3.05) is 47.0 Å². The number of likely N-dealkylation sites (N-methyl/N-ethyl adjacent to an activating group) is 1. The number of ether oxygens (including phenoxy) is 2. The molecule has 0 aromatic heterocycles. The van der Waals surface area contributed by atoms with Crippen LogP contribution in [0.25, 0.3) is 0 Å². The summed E-state index contributed by atoms with van der Waals surface area (Å²) in [6.45, 7) is 4.88. The van der Waals surface area contributed by atoms with Crippen molar-refractivity contribution in [3.05, 3.63) is 35.9 Å². The van der Waals surface area contributed by atoms with Gasteiger partial charge in [-0.1, -0.05) is 30.3 Å². The van der Waals surface area contributed by atoms with Gasteiger partial charge in [-0.05, 0) is 25.3 Å². The molecule has 1 aliphatic heterocycles. The van der Waals surface area contributed by atoms with Gasteiger partial charge >= 0.3 is 0 Å². The molecule has 2 rings (SSSR count). The SMILES string of the molecule is CC(COC1CCOC1)NC(=NCC(=O)N(C)C)NCCc1ccccc1.I. The monoisotopic (exact) mass is 504 g/mol. The fourth-order valence-electron chi connectivity index (χ4n) is 2.61. The number of hydrogen-bond donors (Lipinski definition) is 2. The predicted molar refractivity (Wildman–Crippen MR) is 122 cm³/mol. The van der Waals surface area contributed by atoms with E-state index in [0.29, 0.717) is 19.2 Å². The van der Waals surface area contributed by atoms with Crippen LogP contribution in [0.1, 0.15) is 18.9 Å². The van der Waals surface area contributed by atoms with Gasteiger partial charge in [0.15, 0.2) is 5.96 Å². The van der Waals surface area contributed by atoms with E-state index in [1.54, 1.807) is 14.1 Å². The van der Waals surface area contributed by atoms with E-state index in [1.165, 1.54) is 10.5 Å². The standard InChI is InChI=1S/C20H32N4O3.HI/c1-16(14-27-18-10-12-26-15-18)23-20(22-13-19(25)24(2)3)21-11-9-17-7-5-4-6-8-17;/h4-8,16,18H,9-15H2,1-3H3,(H2,21,22,23);1H. The van der Waals surface area contributed by atoms with E-state index in [1.807, 2.05) is 25.1 Å². The summed E-state index contributed by atoms with van der Waals surface area (Å²) >= 11 is 0. The number of rotatable bonds is 9. The topological polar surface area (TPSA) is 75.2 Å². The molecule has 0 aliphatic carbocycles. The first kappa shape index (κ1) is 24.6. The summed E-state index contributed by atoms with van der Waals surface area (Å²) in [5.74, 6) is 0.589. The van der Waals surface area contributed by atoms with Gasteiger partial charge in [0.1, 0.15) is 6.54 Å². The second-order valence-corrected chi connectivity index (χ2v) is 6.98. The Morgan fingerprint density at radius 1 is 1.36 bits per heavy atom. The van der Waals surface area contributed by atoms with Crippen LogP contribution in [0.4, 0.5) is 0 Å². The summed E-state index contributed by atoms with van der Waals surface area (Å²) in [6, 6.07) is 10.3. The van der Waals surface area contributed by atoms with Crippen LogP contribution in [0.3, 0.4) is 0 Å². The molecule has 1 amide bonds. The second-order valence-electron chi connectivity index (χ2n) is 6.98. The number of hydrogen-bond acceptors (Lipinski definition) is 4. The Hall–Kier alpha value is -1.39. The molecular weight excluding hydrogens is 471 g/mol. The fourth-order valence-corrected chi connectivity index (χ4v) is 2.61. The summed E-state index contributed by atoms with van der Waals surface area (Å²) in [5, 5.41) is 6.63. The Morgan fingerprint density at radius 3 is 2.75 bits per heavy atom. The van der Waals surface area contributed by atoms with Crippen molar-refractivity contribution in [3.8, 4) is 0 Å². The van der Waals surface area contributed by atoms with Gasteiger partial charge in [0.25, 0.3) is 0 Å². The van der Waals surface area contributed by atoms with Crippen LogP contribution in [0.15, 0.2) is 35.3 Å². The zero-order chi connectivity index (χ0) is 19.5. The van der Waals surface area contributed by atoms with Crippen molar-refractivity contribution in [2.24, 2.45) is 4.99 Å². The van der Waals surface area contributed by atoms with Crippen LogP contribution in [0, 0.1) is 0 Å². The smallest absolute Gasteiger partial charge is 0.243 e. The summed E-state index contributed by atoms with van der Waals surface area (Å²) in [5.41, 5.74) is 1.26. The number of guanidine groups is 1. The lowest BCUT2D eigenvalue weighted by Crippen LogP contribution is -2.45. The number of carbonyl (C=O) groups is 1. The molecule has 1 aliphatic rings. The minimum atomic E-state index is -0.0360. The second kappa shape index (κ2) is 13.7. The Labute approximate surface area is 185 Å². The first-order chi connectivity index (χ1) is 13.0. The normalized spacial score (nSPS) is 17.5. The average molecular weight is 504 g/mol. The molecule has 1 aromatic carbocycles. The highest BCUT2D eigenvalue weighted by Gasteiger charge is 2.17. The van der Waals surface area contributed by atoms with Crippen LogP contribution < -0.4 is 10.6 Å². The number of aliphatic imine (C=N–C) groups is 1. The van der Waals surface area contributed by atoms with Gasteiger partial charge in [-0.2, -0.15) is 0 Å². The maximum atomic E-state index is 11.9. The van der Waals surface area contributed by atoms with E-state index in [4.69, 9.17) is 9.47 Å². The average Bonchev–Trinajstić information content (AvgIpc) is 3.18. The van der Waals surface area contributed by atoms with E-state index in [9.17, 15) is 4.79 Å². The maximum absolute atomic E-state index is 11.9. The molecule has 2 unspecified atom stereocenters. The number of nitrogens with zero attached hydrogens (tertiary/aromatic N) is 2. The maximum Gasteiger partial charge on any atom is 0.243 e. The minimum Gasteiger partial charge on any atom is -0.379 e. The molecule has 0 saturated carbocycles. The van der Waals surface area contributed by atoms with Crippen molar-refractivity contribution in [1.29, 1.82) is 0 Å². The van der Waals surface area contributed by atoms with E-state index in [2.05, 4.69) is 27.8 Å². The molecule has 8 heteroatoms. The van der Waals surface area contributed by atoms with Crippen molar-refractivity contribution in [3.63, 3.8) is 0 Å². The van der Waals surface area contributed by atoms with Crippen molar-refractivity contribution in [2.45, 2.75) is 31.9 Å². The van der Waals surface area contributed by atoms with E-state index >= 15 is 0 Å². The van der Waals surface area contributed by atoms with Gasteiger partial charge < -0.3 is 25.0 Å². The Balaban J connectivity index is 0.00000392. The Kier molecular flexibility index (Phi) is 12.1. The molecule has 1 aromatic rings. The molecule has 1 saturated heterocycles. The minimum absolute atomic E-state index is 0. The highest BCUT2D eigenvalue weighted by Crippen LogP contribution is 2.08. The van der Waals surface area contributed by atoms with Gasteiger partial charge in [0.2, 0.25) is 5.91 Å². The van der Waals surface area contributed by atoms with Crippen molar-refractivity contribution in [1.82, 2.24) is 15.5 Å². The van der Waals surface area contributed by atoms with E-state index < -0.39 is 0 Å². The van der Waals surface area contributed by atoms with Crippen LogP contribution >= 0.6 is 24.0 Å². The lowest BCUT2D eigenvalue weighted by atomic mass is 10.1. The summed E-state index contributed by atoms with van der Waals surface area (Å²) in [4.78, 5) is 17.8. The first-order valence-corrected chi connectivity index (χ1v) is 9.53. The molecule has 2 atom stereocenters. The van der Waals surface area contributed by atoms with Crippen LogP contribution in [0.5, 0.6) is 0 Å². The van der Waals surface area contributed by atoms with Gasteiger partial charge in [0, 0.05) is 33.3 Å². The number of benzene rings is 1. The molecule has 0 spiro atoms. The third-order valence-electron chi connectivity index (χ3n) is 4.27. The molecule has 7 nitrogen and oxygen atoms in total. The van der Waals surface area contributed by atoms with Gasteiger partial charge in [-0.25, -0.2) is 4.99 Å². The lowest BCUT2D eigenvalue weighted by molar-refractivity contribution is -0.127. The first-order valence-electron chi connectivity index (χ1n) is 9.53. The van der Waals surface area contributed by atoms with E-state index in [-0.39, 0.29) is 48.6 Å². The molecule has 158 valence electrons. The predicted octanol–water partition coefficient (Wildman–Crippen LogP) is 1.66. The third-order valence-corrected chi connectivity index (χ3v) is 4.27. The van der Waals surface area contributed by atoms with Crippen LogP contribution in [-0.2, 0) is 20.7 Å². The summed E-state index contributed by atoms with van der Waals surface area (Å²) in [7, 11) is 3.46. The largest absolute Gasteiger partial charge is 0.379 e. The number of nitrogens with one attached hydrogen (secondary N) is 2. The molecule has 0 radical (unpaired) electrons. The molecule has 1 fully saturated rings. The molecule has 1 heterocycles. The van der Waals surface area contributed by atoms with Gasteiger partial charge in [0.05, 0.1) is 19.3 Å². The van der Waals surface area contributed by atoms with Gasteiger partial charge in [-0.3, -0.25) is 4.79 Å². The highest BCUT2D eigenvalue weighted by atomic mass is 127. The fraction of sp³-hybridized carbons (Fsp3) is 0.600. The van der Waals surface area contributed by atoms with Crippen LogP contribution in [-0.4, -0.2) is 75.9 Å². The summed E-state index contributed by atoms with van der Waals surface area (Å²) < 4.78 is 11.2. The number of halogens is 1. The number of amides is 1. The molecule has 0 bridgehead atoms. The van der Waals surface area contributed by atoms with Crippen LogP contribution in [0.2, 0.25) is 0 Å². The Morgan fingerprint density at radius 2 is 2.11 bits per heavy atom. The van der Waals surface area contributed by atoms with Gasteiger partial charge in [-0.15, -0.1) is 24.0 Å². The molecular formula is C20H33IN4O3. The Bertz CT molecular complexity index is 592. The lowest BCUT2D eigenvalue weighted by Gasteiger charge is -2.20. The summed E-state index contributed by atoms with van der Waals surface area (Å²) in [6.07, 6.45) is 2.00. The third kappa shape index (κ3) is 9.70. The van der Waals surface area contributed by atoms with Crippen molar-refractivity contribution < 1.29 is 14.3 Å². The van der Waals surface area contributed by atoms with Crippen molar-refractivity contribution >= 4 is 35.8 Å². The highest BCUT2D eigenvalue weighted by molar-refractivity contribution is 14.0. The quantitative estimate of drug-likeness (QED) is 0.304.